The maximum atomic E-state index is 7.19. The van der Waals surface area contributed by atoms with Gasteiger partial charge in [-0.15, -0.1) is 0 Å². The van der Waals surface area contributed by atoms with Gasteiger partial charge in [0.05, 0.1) is 0 Å². The summed E-state index contributed by atoms with van der Waals surface area (Å²) in [5, 5.41) is 14.8. The van der Waals surface area contributed by atoms with Gasteiger partial charge in [-0.05, 0) is 167 Å². The van der Waals surface area contributed by atoms with Crippen molar-refractivity contribution in [1.29, 1.82) is 0 Å². The van der Waals surface area contributed by atoms with Crippen molar-refractivity contribution in [2.45, 2.75) is 12.5 Å². The van der Waals surface area contributed by atoms with E-state index in [0.717, 1.165) is 23.3 Å². The molecule has 1 aliphatic heterocycles. The molecule has 0 fully saturated rings. The van der Waals surface area contributed by atoms with E-state index in [4.69, 9.17) is 4.74 Å². The van der Waals surface area contributed by atoms with Crippen LogP contribution in [0, 0.1) is 0 Å². The molecule has 0 spiro atoms. The molecule has 1 unspecified atom stereocenters. The Hall–Kier alpha value is -9.82. The second-order valence-electron chi connectivity index (χ2n) is 20.5. The maximum Gasteiger partial charge on any atom is 0.127 e. The minimum absolute atomic E-state index is 0.157. The molecule has 360 valence electrons. The van der Waals surface area contributed by atoms with Crippen LogP contribution in [0.15, 0.2) is 285 Å². The summed E-state index contributed by atoms with van der Waals surface area (Å²) in [6, 6.07) is 103. The predicted octanol–water partition coefficient (Wildman–Crippen LogP) is 21.1. The van der Waals surface area contributed by atoms with E-state index in [1.807, 2.05) is 0 Å². The van der Waals surface area contributed by atoms with Crippen LogP contribution in [0.4, 0.5) is 0 Å². The van der Waals surface area contributed by atoms with E-state index < -0.39 is 0 Å². The van der Waals surface area contributed by atoms with Crippen molar-refractivity contribution in [3.05, 3.63) is 296 Å². The third kappa shape index (κ3) is 7.62. The number of hydrogen-bond donors (Lipinski definition) is 0. The first-order chi connectivity index (χ1) is 38.2. The van der Waals surface area contributed by atoms with Gasteiger partial charge in [0, 0.05) is 12.0 Å². The van der Waals surface area contributed by atoms with Crippen molar-refractivity contribution in [3.63, 3.8) is 0 Å². The molecule has 0 saturated carbocycles. The molecule has 14 aromatic rings. The minimum atomic E-state index is -0.157. The van der Waals surface area contributed by atoms with Gasteiger partial charge in [0.15, 0.2) is 0 Å². The Morgan fingerprint density at radius 3 is 1.04 bits per heavy atom. The number of hydrogen-bond acceptors (Lipinski definition) is 1. The molecule has 0 amide bonds. The summed E-state index contributed by atoms with van der Waals surface area (Å²) in [5.74, 6) is 0.913. The quantitative estimate of drug-likeness (QED) is 0.138. The van der Waals surface area contributed by atoms with Gasteiger partial charge < -0.3 is 4.74 Å². The second-order valence-corrected chi connectivity index (χ2v) is 20.5. The van der Waals surface area contributed by atoms with Gasteiger partial charge in [0.2, 0.25) is 0 Å². The van der Waals surface area contributed by atoms with Crippen LogP contribution in [0.2, 0.25) is 0 Å². The van der Waals surface area contributed by atoms with Crippen LogP contribution >= 0.6 is 0 Å². The molecule has 0 bridgehead atoms. The lowest BCUT2D eigenvalue weighted by Gasteiger charge is -2.22. The zero-order valence-electron chi connectivity index (χ0n) is 42.3. The molecular formula is C76H50O. The Balaban J connectivity index is 0.876. The lowest BCUT2D eigenvalue weighted by molar-refractivity contribution is 0.195. The smallest absolute Gasteiger partial charge is 0.127 e. The molecule has 1 atom stereocenters. The molecule has 77 heavy (non-hydrogen) atoms. The van der Waals surface area contributed by atoms with E-state index in [1.54, 1.807) is 0 Å². The Labute approximate surface area is 448 Å². The van der Waals surface area contributed by atoms with Gasteiger partial charge in [0.1, 0.15) is 11.9 Å². The SMILES string of the molecule is C1=C(c2ccc3c(c2)c(-c2ccccc2)c(-c2ccccc2)c2cc(-c4cccc5ccccc45)ccc23)OC(c2ccc3c(c2)c(-c2ccccc2)c(-c2ccccc2)c2cc(-c4cccc5ccccc45)ccc23)C1. The number of rotatable bonds is 8. The molecule has 15 rings (SSSR count). The number of fused-ring (bicyclic) bond motifs is 8. The van der Waals surface area contributed by atoms with Crippen molar-refractivity contribution in [1.82, 2.24) is 0 Å². The van der Waals surface area contributed by atoms with Gasteiger partial charge in [-0.3, -0.25) is 0 Å². The van der Waals surface area contributed by atoms with E-state index in [2.05, 4.69) is 285 Å². The van der Waals surface area contributed by atoms with E-state index >= 15 is 0 Å². The number of benzene rings is 14. The maximum absolute atomic E-state index is 7.19. The van der Waals surface area contributed by atoms with E-state index in [9.17, 15) is 0 Å². The van der Waals surface area contributed by atoms with Crippen molar-refractivity contribution in [2.24, 2.45) is 0 Å². The fourth-order valence-electron chi connectivity index (χ4n) is 12.6. The first kappa shape index (κ1) is 44.6. The molecule has 0 aromatic heterocycles. The monoisotopic (exact) mass is 978 g/mol. The topological polar surface area (TPSA) is 9.23 Å². The van der Waals surface area contributed by atoms with Gasteiger partial charge >= 0.3 is 0 Å². The summed E-state index contributed by atoms with van der Waals surface area (Å²) < 4.78 is 7.19. The lowest BCUT2D eigenvalue weighted by Crippen LogP contribution is -1.99. The molecule has 1 aliphatic rings. The van der Waals surface area contributed by atoms with Crippen molar-refractivity contribution >= 4 is 70.4 Å². The predicted molar refractivity (Wildman–Crippen MR) is 327 cm³/mol. The molecule has 1 heterocycles. The average Bonchev–Trinajstić information content (AvgIpc) is 4.01. The average molecular weight is 979 g/mol. The van der Waals surface area contributed by atoms with Crippen molar-refractivity contribution < 1.29 is 4.74 Å². The van der Waals surface area contributed by atoms with E-state index in [-0.39, 0.29) is 6.10 Å². The van der Waals surface area contributed by atoms with Crippen LogP contribution in [0.1, 0.15) is 23.7 Å². The third-order valence-corrected chi connectivity index (χ3v) is 16.2. The highest BCUT2D eigenvalue weighted by molar-refractivity contribution is 6.24. The van der Waals surface area contributed by atoms with Crippen LogP contribution < -0.4 is 0 Å². The summed E-state index contributed by atoms with van der Waals surface area (Å²) in [4.78, 5) is 0. The summed E-state index contributed by atoms with van der Waals surface area (Å²) >= 11 is 0. The van der Waals surface area contributed by atoms with Gasteiger partial charge in [-0.2, -0.15) is 0 Å². The first-order valence-corrected chi connectivity index (χ1v) is 26.8. The largest absolute Gasteiger partial charge is 0.485 e. The second kappa shape index (κ2) is 18.5. The molecule has 1 heteroatoms. The summed E-state index contributed by atoms with van der Waals surface area (Å²) in [6.07, 6.45) is 2.91. The fraction of sp³-hybridized carbons (Fsp3) is 0.0263. The van der Waals surface area contributed by atoms with Gasteiger partial charge in [-0.1, -0.05) is 255 Å². The van der Waals surface area contributed by atoms with Crippen LogP contribution in [0.3, 0.4) is 0 Å². The van der Waals surface area contributed by atoms with Crippen LogP contribution in [0.25, 0.3) is 137 Å². The highest BCUT2D eigenvalue weighted by Gasteiger charge is 2.26. The Morgan fingerprint density at radius 2 is 0.597 bits per heavy atom. The highest BCUT2D eigenvalue weighted by atomic mass is 16.5. The molecule has 0 N–H and O–H groups in total. The van der Waals surface area contributed by atoms with E-state index in [1.165, 1.54) is 131 Å². The molecule has 14 aromatic carbocycles. The normalized spacial score (nSPS) is 13.5. The van der Waals surface area contributed by atoms with Gasteiger partial charge in [-0.25, -0.2) is 0 Å². The Bertz CT molecular complexity index is 4640. The molecule has 0 aliphatic carbocycles. The summed E-state index contributed by atoms with van der Waals surface area (Å²) in [7, 11) is 0. The highest BCUT2D eigenvalue weighted by Crippen LogP contribution is 2.50. The van der Waals surface area contributed by atoms with Gasteiger partial charge in [0.25, 0.3) is 0 Å². The molecule has 0 saturated heterocycles. The minimum Gasteiger partial charge on any atom is -0.485 e. The standard InChI is InChI=1S/C76H50O/c1-5-21-51(22-6-1)73-67-45-55(61-33-17-29-49-19-13-15-31-59(49)61)35-39-63(67)65-41-37-57(47-69(65)75(73)53-25-9-3-10-26-53)71-43-44-72(77-71)58-38-42-66-64-40-36-56(62-34-18-30-50-20-14-16-32-60(50)62)46-68(64)74(52-23-7-2-8-24-52)76(70(66)48-58)54-27-11-4-12-28-54/h1-43,45-48,72H,44H2. The Kier molecular flexibility index (Phi) is 10.7. The molecular weight excluding hydrogens is 929 g/mol. The zero-order chi connectivity index (χ0) is 50.8. The summed E-state index contributed by atoms with van der Waals surface area (Å²) in [6.45, 7) is 0. The van der Waals surface area contributed by atoms with E-state index in [0.29, 0.717) is 0 Å². The fourth-order valence-corrected chi connectivity index (χ4v) is 12.6. The van der Waals surface area contributed by atoms with Crippen molar-refractivity contribution in [2.75, 3.05) is 0 Å². The van der Waals surface area contributed by atoms with Crippen molar-refractivity contribution in [3.8, 4) is 66.8 Å². The summed E-state index contributed by atoms with van der Waals surface area (Å²) in [5.41, 5.74) is 16.8. The Morgan fingerprint density at radius 1 is 0.247 bits per heavy atom. The van der Waals surface area contributed by atoms with Crippen LogP contribution in [-0.2, 0) is 4.74 Å². The lowest BCUT2D eigenvalue weighted by atomic mass is 9.83. The van der Waals surface area contributed by atoms with Crippen LogP contribution in [-0.4, -0.2) is 0 Å². The zero-order valence-corrected chi connectivity index (χ0v) is 42.3. The molecule has 1 nitrogen and oxygen atoms in total. The first-order valence-electron chi connectivity index (χ1n) is 26.8. The third-order valence-electron chi connectivity index (χ3n) is 16.2. The molecule has 0 radical (unpaired) electrons. The van der Waals surface area contributed by atoms with Crippen LogP contribution in [0.5, 0.6) is 0 Å². The number of ether oxygens (including phenoxy) is 1.